The summed E-state index contributed by atoms with van der Waals surface area (Å²) >= 11 is 9.14. The first kappa shape index (κ1) is 19.4. The number of imide groups is 1. The van der Waals surface area contributed by atoms with E-state index in [9.17, 15) is 18.4 Å². The van der Waals surface area contributed by atoms with Gasteiger partial charge < -0.3 is 18.9 Å². The Balaban J connectivity index is 1.73. The molecule has 1 fully saturated rings. The normalized spacial score (nSPS) is 17.2. The first-order chi connectivity index (χ1) is 12.8. The summed E-state index contributed by atoms with van der Waals surface area (Å²) in [7, 11) is 0. The van der Waals surface area contributed by atoms with Gasteiger partial charge in [-0.2, -0.15) is 0 Å². The first-order valence-electron chi connectivity index (χ1n) is 7.55. The molecular formula is C16H12Cl2N3O5S-. The van der Waals surface area contributed by atoms with Crippen LogP contribution in [0, 0.1) is 0 Å². The molecule has 2 atom stereocenters. The maximum Gasteiger partial charge on any atom is 0.322 e. The molecule has 0 radical (unpaired) electrons. The Bertz CT molecular complexity index is 909. The van der Waals surface area contributed by atoms with Gasteiger partial charge in [0.1, 0.15) is 17.5 Å². The van der Waals surface area contributed by atoms with Crippen LogP contribution in [0.25, 0.3) is 0 Å². The van der Waals surface area contributed by atoms with E-state index in [4.69, 9.17) is 27.9 Å². The maximum absolute atomic E-state index is 11.6. The molecule has 2 unspecified atom stereocenters. The molecule has 2 aromatic rings. The summed E-state index contributed by atoms with van der Waals surface area (Å²) in [6, 6.07) is 9.30. The summed E-state index contributed by atoms with van der Waals surface area (Å²) in [5.41, 5.74) is 0.304. The van der Waals surface area contributed by atoms with Crippen molar-refractivity contribution in [2.24, 2.45) is 0 Å². The molecule has 2 N–H and O–H groups in total. The molecule has 8 nitrogen and oxygen atoms in total. The number of benzene rings is 2. The number of ether oxygens (including phenoxy) is 1. The van der Waals surface area contributed by atoms with Gasteiger partial charge in [0.25, 0.3) is 5.91 Å². The molecule has 142 valence electrons. The van der Waals surface area contributed by atoms with E-state index in [1.807, 2.05) is 0 Å². The quantitative estimate of drug-likeness (QED) is 0.542. The molecule has 0 aromatic heterocycles. The highest BCUT2D eigenvalue weighted by molar-refractivity contribution is 7.80. The van der Waals surface area contributed by atoms with Crippen molar-refractivity contribution in [3.8, 4) is 11.5 Å². The van der Waals surface area contributed by atoms with E-state index in [1.54, 1.807) is 30.3 Å². The summed E-state index contributed by atoms with van der Waals surface area (Å²) in [6.07, 6.45) is 0. The van der Waals surface area contributed by atoms with Crippen LogP contribution in [0.15, 0.2) is 42.5 Å². The van der Waals surface area contributed by atoms with Crippen LogP contribution < -0.4 is 19.7 Å². The van der Waals surface area contributed by atoms with Crippen LogP contribution in [-0.2, 0) is 16.1 Å². The highest BCUT2D eigenvalue weighted by atomic mass is 35.5. The number of anilines is 1. The van der Waals surface area contributed by atoms with Crippen LogP contribution in [0.5, 0.6) is 11.5 Å². The smallest absolute Gasteiger partial charge is 0.322 e. The van der Waals surface area contributed by atoms with Crippen molar-refractivity contribution >= 4 is 52.1 Å². The SMILES string of the molecule is O=C1NC(=O)C(CN(c2ccc(Oc3ccc(Cl)c(Cl)c3)cc2)S(=O)[O-])N1. The number of carbonyl (C=O) groups is 2. The van der Waals surface area contributed by atoms with E-state index < -0.39 is 29.2 Å². The number of hydrogen-bond acceptors (Lipinski definition) is 5. The van der Waals surface area contributed by atoms with Crippen LogP contribution in [0.2, 0.25) is 10.0 Å². The third-order valence-corrected chi connectivity index (χ3v) is 5.10. The Kier molecular flexibility index (Phi) is 5.85. The van der Waals surface area contributed by atoms with Gasteiger partial charge in [-0.15, -0.1) is 0 Å². The first-order valence-corrected chi connectivity index (χ1v) is 9.33. The predicted octanol–water partition coefficient (Wildman–Crippen LogP) is 2.59. The van der Waals surface area contributed by atoms with E-state index >= 15 is 0 Å². The van der Waals surface area contributed by atoms with Gasteiger partial charge >= 0.3 is 6.03 Å². The monoisotopic (exact) mass is 428 g/mol. The average molecular weight is 429 g/mol. The molecule has 1 aliphatic heterocycles. The minimum Gasteiger partial charge on any atom is -0.755 e. The molecule has 0 bridgehead atoms. The fourth-order valence-corrected chi connectivity index (χ4v) is 3.22. The number of nitrogens with one attached hydrogen (secondary N) is 2. The third kappa shape index (κ3) is 4.69. The van der Waals surface area contributed by atoms with Gasteiger partial charge in [0.2, 0.25) is 0 Å². The van der Waals surface area contributed by atoms with E-state index in [0.29, 0.717) is 27.2 Å². The number of amides is 3. The lowest BCUT2D eigenvalue weighted by Gasteiger charge is -2.28. The summed E-state index contributed by atoms with van der Waals surface area (Å²) < 4.78 is 29.7. The van der Waals surface area contributed by atoms with Crippen LogP contribution >= 0.6 is 23.2 Å². The number of rotatable bonds is 6. The molecule has 0 spiro atoms. The lowest BCUT2D eigenvalue weighted by molar-refractivity contribution is -0.119. The fraction of sp³-hybridized carbons (Fsp3) is 0.125. The Hall–Kier alpha value is -2.33. The molecule has 2 aromatic carbocycles. The molecule has 27 heavy (non-hydrogen) atoms. The zero-order chi connectivity index (χ0) is 19.6. The molecular weight excluding hydrogens is 417 g/mol. The second-order valence-electron chi connectivity index (χ2n) is 5.47. The van der Waals surface area contributed by atoms with Gasteiger partial charge in [-0.25, -0.2) is 4.79 Å². The molecule has 1 saturated heterocycles. The zero-order valence-electron chi connectivity index (χ0n) is 13.5. The summed E-state index contributed by atoms with van der Waals surface area (Å²) in [5, 5.41) is 5.14. The summed E-state index contributed by atoms with van der Waals surface area (Å²) in [5.74, 6) is 0.322. The second-order valence-corrected chi connectivity index (χ2v) is 7.15. The highest BCUT2D eigenvalue weighted by Crippen LogP contribution is 2.30. The Morgan fingerprint density at radius 3 is 2.30 bits per heavy atom. The second kappa shape index (κ2) is 8.13. The van der Waals surface area contributed by atoms with Crippen molar-refractivity contribution < 1.29 is 23.1 Å². The van der Waals surface area contributed by atoms with Crippen molar-refractivity contribution in [1.82, 2.24) is 10.6 Å². The Morgan fingerprint density at radius 1 is 1.07 bits per heavy atom. The van der Waals surface area contributed by atoms with Crippen molar-refractivity contribution in [3.63, 3.8) is 0 Å². The number of urea groups is 1. The molecule has 11 heteroatoms. The lowest BCUT2D eigenvalue weighted by atomic mass is 10.2. The molecule has 0 saturated carbocycles. The average Bonchev–Trinajstić information content (AvgIpc) is 2.94. The topological polar surface area (TPSA) is 111 Å². The highest BCUT2D eigenvalue weighted by Gasteiger charge is 2.31. The zero-order valence-corrected chi connectivity index (χ0v) is 15.8. The van der Waals surface area contributed by atoms with Gasteiger partial charge in [-0.1, -0.05) is 23.2 Å². The summed E-state index contributed by atoms with van der Waals surface area (Å²) in [4.78, 5) is 22.8. The molecule has 0 aliphatic carbocycles. The van der Waals surface area contributed by atoms with Crippen molar-refractivity contribution in [2.45, 2.75) is 6.04 Å². The fourth-order valence-electron chi connectivity index (χ4n) is 2.36. The predicted molar refractivity (Wildman–Crippen MR) is 99.7 cm³/mol. The van der Waals surface area contributed by atoms with E-state index in [-0.39, 0.29) is 6.54 Å². The van der Waals surface area contributed by atoms with Crippen LogP contribution in [0.1, 0.15) is 0 Å². The minimum absolute atomic E-state index is 0.235. The maximum atomic E-state index is 11.6. The van der Waals surface area contributed by atoms with Crippen molar-refractivity contribution in [3.05, 3.63) is 52.5 Å². The van der Waals surface area contributed by atoms with Gasteiger partial charge in [-0.05, 0) is 36.4 Å². The van der Waals surface area contributed by atoms with Gasteiger partial charge in [-0.3, -0.25) is 14.3 Å². The number of halogens is 2. The van der Waals surface area contributed by atoms with Crippen LogP contribution in [0.4, 0.5) is 10.5 Å². The number of hydrogen-bond donors (Lipinski definition) is 2. The third-order valence-electron chi connectivity index (χ3n) is 3.64. The molecule has 3 rings (SSSR count). The van der Waals surface area contributed by atoms with Crippen LogP contribution in [0.3, 0.4) is 0 Å². The van der Waals surface area contributed by atoms with E-state index in [0.717, 1.165) is 4.31 Å². The minimum atomic E-state index is -2.65. The van der Waals surface area contributed by atoms with E-state index in [1.165, 1.54) is 12.1 Å². The van der Waals surface area contributed by atoms with Crippen molar-refractivity contribution in [1.29, 1.82) is 0 Å². The standard InChI is InChI=1S/C16H13Cl2N3O5S/c17-12-6-5-11(7-13(12)18)26-10-3-1-9(2-4-10)21(27(24)25)8-14-15(22)20-16(23)19-14/h1-7,14H,8H2,(H,24,25)(H2,19,20,22,23)/p-1. The van der Waals surface area contributed by atoms with Gasteiger partial charge in [0, 0.05) is 23.0 Å². The van der Waals surface area contributed by atoms with E-state index in [2.05, 4.69) is 10.6 Å². The summed E-state index contributed by atoms with van der Waals surface area (Å²) in [6.45, 7) is -0.235. The largest absolute Gasteiger partial charge is 0.755 e. The Morgan fingerprint density at radius 2 is 1.74 bits per heavy atom. The number of carbonyl (C=O) groups excluding carboxylic acids is 2. The van der Waals surface area contributed by atoms with Gasteiger partial charge in [0.15, 0.2) is 0 Å². The molecule has 3 amide bonds. The van der Waals surface area contributed by atoms with Crippen LogP contribution in [-0.4, -0.2) is 33.3 Å². The molecule has 1 heterocycles. The Labute approximate surface area is 166 Å². The molecule has 1 aliphatic rings. The number of nitrogens with zero attached hydrogens (tertiary/aromatic N) is 1. The lowest BCUT2D eigenvalue weighted by Crippen LogP contribution is -2.42. The van der Waals surface area contributed by atoms with Crippen molar-refractivity contribution in [2.75, 3.05) is 10.8 Å². The van der Waals surface area contributed by atoms with Gasteiger partial charge in [0.05, 0.1) is 16.6 Å².